The number of ether oxygens (including phenoxy) is 2. The van der Waals surface area contributed by atoms with E-state index in [2.05, 4.69) is 10.6 Å². The molecule has 1 fully saturated rings. The third-order valence-electron chi connectivity index (χ3n) is 5.48. The quantitative estimate of drug-likeness (QED) is 0.428. The van der Waals surface area contributed by atoms with Crippen molar-refractivity contribution >= 4 is 11.9 Å². The Labute approximate surface area is 185 Å². The lowest BCUT2D eigenvalue weighted by molar-refractivity contribution is -0.137. The number of carbonyl (C=O) groups is 2. The number of carboxylic acid groups (broad SMARTS) is 2. The molecule has 3 rings (SSSR count). The van der Waals surface area contributed by atoms with Crippen LogP contribution < -0.4 is 15.4 Å². The molecule has 1 aromatic rings. The maximum Gasteiger partial charge on any atom is 0.338 e. The SMILES string of the molecule is CC[C@H](OC1=CC=CN[C@]1(Oc1ccc(F)cc1)/C(=C\C(=O)O)C(=O)O)C1CCCNC1. The molecule has 0 aromatic heterocycles. The number of benzene rings is 1. The summed E-state index contributed by atoms with van der Waals surface area (Å²) in [6.07, 6.45) is 7.54. The van der Waals surface area contributed by atoms with Crippen LogP contribution in [0.5, 0.6) is 5.75 Å². The largest absolute Gasteiger partial charge is 0.488 e. The fourth-order valence-corrected chi connectivity index (χ4v) is 3.95. The highest BCUT2D eigenvalue weighted by Crippen LogP contribution is 2.35. The molecule has 0 aliphatic carbocycles. The standard InChI is InChI=1S/C23H27FN2O6/c1-2-19(15-5-3-11-25-14-15)31-20-6-4-12-26-23(20,18(22(29)30)13-21(27)28)32-17-9-7-16(24)8-10-17/h4,6-10,12-13,15,19,25-26H,2-3,5,11,14H2,1H3,(H,27,28)(H,29,30)/b18-13-/t15?,19-,23-/m0/s1. The molecule has 172 valence electrons. The Kier molecular flexibility index (Phi) is 7.53. The van der Waals surface area contributed by atoms with Gasteiger partial charge in [0.15, 0.2) is 5.76 Å². The van der Waals surface area contributed by atoms with Gasteiger partial charge >= 0.3 is 11.9 Å². The average molecular weight is 446 g/mol. The van der Waals surface area contributed by atoms with Crippen LogP contribution in [0.25, 0.3) is 0 Å². The molecule has 4 N–H and O–H groups in total. The molecule has 0 radical (unpaired) electrons. The minimum atomic E-state index is -1.97. The lowest BCUT2D eigenvalue weighted by atomic mass is 9.91. The number of aliphatic carboxylic acids is 2. The van der Waals surface area contributed by atoms with Gasteiger partial charge in [0, 0.05) is 24.7 Å². The van der Waals surface area contributed by atoms with Crippen molar-refractivity contribution in [3.05, 3.63) is 65.8 Å². The van der Waals surface area contributed by atoms with E-state index in [0.717, 1.165) is 38.1 Å². The fourth-order valence-electron chi connectivity index (χ4n) is 3.95. The van der Waals surface area contributed by atoms with E-state index >= 15 is 0 Å². The van der Waals surface area contributed by atoms with Crippen molar-refractivity contribution in [3.8, 4) is 5.75 Å². The second-order valence-corrected chi connectivity index (χ2v) is 7.64. The Bertz CT molecular complexity index is 921. The Morgan fingerprint density at radius 2 is 2.06 bits per heavy atom. The number of nitrogens with one attached hydrogen (secondary N) is 2. The number of rotatable bonds is 9. The minimum Gasteiger partial charge on any atom is -0.488 e. The molecule has 9 heteroatoms. The third kappa shape index (κ3) is 5.28. The molecule has 0 amide bonds. The summed E-state index contributed by atoms with van der Waals surface area (Å²) >= 11 is 0. The van der Waals surface area contributed by atoms with E-state index in [9.17, 15) is 24.2 Å². The summed E-state index contributed by atoms with van der Waals surface area (Å²) in [6.45, 7) is 3.67. The molecule has 2 aliphatic rings. The van der Waals surface area contributed by atoms with Crippen LogP contribution in [0.4, 0.5) is 4.39 Å². The Morgan fingerprint density at radius 1 is 1.31 bits per heavy atom. The molecule has 1 aromatic carbocycles. The Morgan fingerprint density at radius 3 is 2.66 bits per heavy atom. The molecule has 1 saturated heterocycles. The van der Waals surface area contributed by atoms with Crippen molar-refractivity contribution in [3.63, 3.8) is 0 Å². The first-order chi connectivity index (χ1) is 15.4. The van der Waals surface area contributed by atoms with E-state index in [1.54, 1.807) is 12.2 Å². The van der Waals surface area contributed by atoms with Crippen molar-refractivity contribution in [1.29, 1.82) is 0 Å². The number of dihydropyridines is 1. The Hall–Kier alpha value is -3.33. The average Bonchev–Trinajstić information content (AvgIpc) is 2.78. The number of hydrogen-bond donors (Lipinski definition) is 4. The molecule has 0 saturated carbocycles. The van der Waals surface area contributed by atoms with Crippen LogP contribution in [-0.4, -0.2) is 47.1 Å². The van der Waals surface area contributed by atoms with E-state index in [1.165, 1.54) is 18.3 Å². The molecular weight excluding hydrogens is 419 g/mol. The molecule has 3 atom stereocenters. The molecular formula is C23H27FN2O6. The van der Waals surface area contributed by atoms with Crippen LogP contribution in [0.3, 0.4) is 0 Å². The summed E-state index contributed by atoms with van der Waals surface area (Å²) in [5, 5.41) is 25.4. The van der Waals surface area contributed by atoms with Gasteiger partial charge in [-0.1, -0.05) is 6.92 Å². The highest BCUT2D eigenvalue weighted by atomic mass is 19.1. The molecule has 0 spiro atoms. The first-order valence-corrected chi connectivity index (χ1v) is 10.5. The normalized spacial score (nSPS) is 24.1. The minimum absolute atomic E-state index is 0.108. The van der Waals surface area contributed by atoms with Gasteiger partial charge in [-0.05, 0) is 62.2 Å². The maximum atomic E-state index is 13.4. The number of piperidine rings is 1. The molecule has 32 heavy (non-hydrogen) atoms. The molecule has 2 heterocycles. The summed E-state index contributed by atoms with van der Waals surface area (Å²) in [7, 11) is 0. The smallest absolute Gasteiger partial charge is 0.338 e. The molecule has 8 nitrogen and oxygen atoms in total. The number of allylic oxidation sites excluding steroid dienone is 2. The summed E-state index contributed by atoms with van der Waals surface area (Å²) in [5.74, 6) is -3.01. The summed E-state index contributed by atoms with van der Waals surface area (Å²) in [6, 6.07) is 4.99. The number of hydrogen-bond acceptors (Lipinski definition) is 6. The van der Waals surface area contributed by atoms with Gasteiger partial charge in [0.2, 0.25) is 0 Å². The van der Waals surface area contributed by atoms with Gasteiger partial charge in [0.1, 0.15) is 23.2 Å². The lowest BCUT2D eigenvalue weighted by Crippen LogP contribution is -2.56. The van der Waals surface area contributed by atoms with E-state index in [4.69, 9.17) is 9.47 Å². The van der Waals surface area contributed by atoms with Gasteiger partial charge in [0.25, 0.3) is 5.72 Å². The van der Waals surface area contributed by atoms with Crippen LogP contribution in [0.1, 0.15) is 26.2 Å². The molecule has 2 aliphatic heterocycles. The van der Waals surface area contributed by atoms with Gasteiger partial charge in [-0.2, -0.15) is 0 Å². The van der Waals surface area contributed by atoms with Crippen LogP contribution in [0.2, 0.25) is 0 Å². The predicted octanol–water partition coefficient (Wildman–Crippen LogP) is 2.79. The first-order valence-electron chi connectivity index (χ1n) is 10.5. The maximum absolute atomic E-state index is 13.4. The van der Waals surface area contributed by atoms with Gasteiger partial charge in [-0.15, -0.1) is 0 Å². The van der Waals surface area contributed by atoms with E-state index in [1.807, 2.05) is 6.92 Å². The van der Waals surface area contributed by atoms with Crippen molar-refractivity contribution in [2.24, 2.45) is 5.92 Å². The highest BCUT2D eigenvalue weighted by Gasteiger charge is 2.48. The second-order valence-electron chi connectivity index (χ2n) is 7.64. The first kappa shape index (κ1) is 23.3. The summed E-state index contributed by atoms with van der Waals surface area (Å²) in [4.78, 5) is 23.6. The second kappa shape index (κ2) is 10.3. The van der Waals surface area contributed by atoms with Crippen molar-refractivity contribution < 1.29 is 33.7 Å². The van der Waals surface area contributed by atoms with Crippen molar-refractivity contribution in [2.75, 3.05) is 13.1 Å². The number of carboxylic acids is 2. The van der Waals surface area contributed by atoms with Gasteiger partial charge in [0.05, 0.1) is 0 Å². The highest BCUT2D eigenvalue weighted by molar-refractivity contribution is 5.97. The zero-order chi connectivity index (χ0) is 23.1. The zero-order valence-electron chi connectivity index (χ0n) is 17.7. The fraction of sp³-hybridized carbons (Fsp3) is 0.391. The topological polar surface area (TPSA) is 117 Å². The summed E-state index contributed by atoms with van der Waals surface area (Å²) < 4.78 is 25.7. The van der Waals surface area contributed by atoms with E-state index in [-0.39, 0.29) is 23.5 Å². The van der Waals surface area contributed by atoms with Crippen molar-refractivity contribution in [1.82, 2.24) is 10.6 Å². The van der Waals surface area contributed by atoms with Crippen LogP contribution in [0.15, 0.2) is 60.0 Å². The lowest BCUT2D eigenvalue weighted by Gasteiger charge is -2.40. The van der Waals surface area contributed by atoms with Crippen LogP contribution in [0, 0.1) is 11.7 Å². The summed E-state index contributed by atoms with van der Waals surface area (Å²) in [5.41, 5.74) is -2.55. The monoisotopic (exact) mass is 446 g/mol. The molecule has 1 unspecified atom stereocenters. The molecule has 0 bridgehead atoms. The van der Waals surface area contributed by atoms with E-state index < -0.39 is 29.1 Å². The van der Waals surface area contributed by atoms with Crippen LogP contribution >= 0.6 is 0 Å². The van der Waals surface area contributed by atoms with Gasteiger partial charge in [-0.25, -0.2) is 14.0 Å². The Balaban J connectivity index is 2.05. The van der Waals surface area contributed by atoms with Gasteiger partial charge in [-0.3, -0.25) is 0 Å². The van der Waals surface area contributed by atoms with Gasteiger partial charge < -0.3 is 30.3 Å². The zero-order valence-corrected chi connectivity index (χ0v) is 17.7. The number of halogens is 1. The van der Waals surface area contributed by atoms with Crippen LogP contribution in [-0.2, 0) is 14.3 Å². The van der Waals surface area contributed by atoms with Crippen molar-refractivity contribution in [2.45, 2.75) is 38.0 Å². The predicted molar refractivity (Wildman–Crippen MR) is 114 cm³/mol. The van der Waals surface area contributed by atoms with E-state index in [0.29, 0.717) is 12.5 Å². The third-order valence-corrected chi connectivity index (χ3v) is 5.48.